The van der Waals surface area contributed by atoms with Gasteiger partial charge in [-0.1, -0.05) is 6.07 Å². The monoisotopic (exact) mass is 401 g/mol. The summed E-state index contributed by atoms with van der Waals surface area (Å²) in [5, 5.41) is 15.7. The fourth-order valence-corrected chi connectivity index (χ4v) is 4.07. The van der Waals surface area contributed by atoms with Gasteiger partial charge >= 0.3 is 5.97 Å². The molecule has 3 aromatic rings. The molecule has 0 fully saturated rings. The van der Waals surface area contributed by atoms with Crippen molar-refractivity contribution in [2.45, 2.75) is 5.25 Å². The zero-order chi connectivity index (χ0) is 19.8. The van der Waals surface area contributed by atoms with Gasteiger partial charge in [-0.2, -0.15) is 5.10 Å². The molecule has 28 heavy (non-hydrogen) atoms. The summed E-state index contributed by atoms with van der Waals surface area (Å²) in [7, 11) is 0. The highest BCUT2D eigenvalue weighted by atomic mass is 32.2. The number of amides is 1. The van der Waals surface area contributed by atoms with Crippen LogP contribution < -0.4 is 5.32 Å². The molecule has 1 atom stereocenters. The SMILES string of the molecule is O=C1CS[C@@H](c2ccc(F)c(F)c2)c2cnn(-c3ccc(C(=O)O)cc3)c2N1. The molecule has 1 aliphatic rings. The van der Waals surface area contributed by atoms with Gasteiger partial charge in [0, 0.05) is 5.56 Å². The zero-order valence-corrected chi connectivity index (χ0v) is 15.0. The summed E-state index contributed by atoms with van der Waals surface area (Å²) in [5.74, 6) is -2.65. The van der Waals surface area contributed by atoms with Crippen LogP contribution in [-0.4, -0.2) is 32.5 Å². The summed E-state index contributed by atoms with van der Waals surface area (Å²) >= 11 is 1.29. The minimum atomic E-state index is -1.05. The smallest absolute Gasteiger partial charge is 0.335 e. The van der Waals surface area contributed by atoms with Crippen LogP contribution in [0.2, 0.25) is 0 Å². The highest BCUT2D eigenvalue weighted by Gasteiger charge is 2.28. The molecule has 0 saturated carbocycles. The van der Waals surface area contributed by atoms with Crippen LogP contribution in [-0.2, 0) is 4.79 Å². The van der Waals surface area contributed by atoms with E-state index in [1.807, 2.05) is 0 Å². The van der Waals surface area contributed by atoms with Crippen LogP contribution in [0.4, 0.5) is 14.6 Å². The predicted octanol–water partition coefficient (Wildman–Crippen LogP) is 3.62. The van der Waals surface area contributed by atoms with Gasteiger partial charge in [-0.05, 0) is 42.0 Å². The highest BCUT2D eigenvalue weighted by Crippen LogP contribution is 2.42. The third-order valence-electron chi connectivity index (χ3n) is 4.32. The van der Waals surface area contributed by atoms with E-state index in [1.165, 1.54) is 34.6 Å². The molecular formula is C19H13F2N3O3S. The Morgan fingerprint density at radius 2 is 1.93 bits per heavy atom. The van der Waals surface area contributed by atoms with Crippen LogP contribution in [0.3, 0.4) is 0 Å². The maximum Gasteiger partial charge on any atom is 0.335 e. The molecule has 0 spiro atoms. The van der Waals surface area contributed by atoms with Gasteiger partial charge in [0.25, 0.3) is 0 Å². The van der Waals surface area contributed by atoms with Gasteiger partial charge in [0.2, 0.25) is 5.91 Å². The second-order valence-corrected chi connectivity index (χ2v) is 7.22. The van der Waals surface area contributed by atoms with E-state index in [4.69, 9.17) is 5.11 Å². The Bertz CT molecular complexity index is 1080. The summed E-state index contributed by atoms with van der Waals surface area (Å²) in [6.45, 7) is 0. The number of carbonyl (C=O) groups is 2. The molecule has 0 saturated heterocycles. The number of carboxylic acids is 1. The van der Waals surface area contributed by atoms with E-state index in [9.17, 15) is 18.4 Å². The Labute approximate surface area is 162 Å². The molecule has 4 rings (SSSR count). The van der Waals surface area contributed by atoms with Gasteiger partial charge in [0.15, 0.2) is 11.6 Å². The number of carbonyl (C=O) groups excluding carboxylic acids is 1. The molecule has 1 aliphatic heterocycles. The Kier molecular flexibility index (Phi) is 4.60. The van der Waals surface area contributed by atoms with Crippen molar-refractivity contribution in [2.24, 2.45) is 0 Å². The van der Waals surface area contributed by atoms with Crippen LogP contribution in [0, 0.1) is 11.6 Å². The summed E-state index contributed by atoms with van der Waals surface area (Å²) in [5.41, 5.74) is 1.84. The molecule has 6 nitrogen and oxygen atoms in total. The minimum Gasteiger partial charge on any atom is -0.478 e. The number of hydrogen-bond donors (Lipinski definition) is 2. The van der Waals surface area contributed by atoms with E-state index >= 15 is 0 Å². The van der Waals surface area contributed by atoms with E-state index in [-0.39, 0.29) is 17.2 Å². The molecule has 1 amide bonds. The largest absolute Gasteiger partial charge is 0.478 e. The molecule has 9 heteroatoms. The van der Waals surface area contributed by atoms with Crippen molar-refractivity contribution in [2.75, 3.05) is 11.1 Å². The summed E-state index contributed by atoms with van der Waals surface area (Å²) in [4.78, 5) is 23.2. The number of fused-ring (bicyclic) bond motifs is 1. The molecule has 0 bridgehead atoms. The lowest BCUT2D eigenvalue weighted by Crippen LogP contribution is -2.15. The number of aromatic nitrogens is 2. The summed E-state index contributed by atoms with van der Waals surface area (Å²) in [6, 6.07) is 9.68. The van der Waals surface area contributed by atoms with Crippen molar-refractivity contribution in [3.05, 3.63) is 77.0 Å². The van der Waals surface area contributed by atoms with E-state index in [2.05, 4.69) is 10.4 Å². The molecular weight excluding hydrogens is 388 g/mol. The first-order chi connectivity index (χ1) is 13.4. The first kappa shape index (κ1) is 18.2. The van der Waals surface area contributed by atoms with Gasteiger partial charge in [-0.15, -0.1) is 11.8 Å². The molecule has 0 unspecified atom stereocenters. The molecule has 1 aromatic heterocycles. The lowest BCUT2D eigenvalue weighted by molar-refractivity contribution is -0.113. The fraction of sp³-hybridized carbons (Fsp3) is 0.105. The quantitative estimate of drug-likeness (QED) is 0.700. The van der Waals surface area contributed by atoms with Gasteiger partial charge in [-0.3, -0.25) is 4.79 Å². The molecule has 0 radical (unpaired) electrons. The van der Waals surface area contributed by atoms with Crippen LogP contribution in [0.25, 0.3) is 5.69 Å². The number of carboxylic acid groups (broad SMARTS) is 1. The van der Waals surface area contributed by atoms with Crippen molar-refractivity contribution < 1.29 is 23.5 Å². The van der Waals surface area contributed by atoms with E-state index in [0.29, 0.717) is 22.6 Å². The second kappa shape index (κ2) is 7.08. The molecule has 2 N–H and O–H groups in total. The average molecular weight is 401 g/mol. The van der Waals surface area contributed by atoms with Crippen LogP contribution in [0.1, 0.15) is 26.7 Å². The third kappa shape index (κ3) is 3.24. The number of hydrogen-bond acceptors (Lipinski definition) is 4. The Balaban J connectivity index is 1.79. The van der Waals surface area contributed by atoms with E-state index in [0.717, 1.165) is 12.1 Å². The standard InChI is InChI=1S/C19H13F2N3O3S/c20-14-6-3-11(7-15(14)21)17-13-8-22-24(18(13)23-16(25)9-28-17)12-4-1-10(2-5-12)19(26)27/h1-8,17H,9H2,(H,23,25)(H,26,27)/t17-/m0/s1. The van der Waals surface area contributed by atoms with Crippen molar-refractivity contribution in [3.8, 4) is 5.69 Å². The van der Waals surface area contributed by atoms with Gasteiger partial charge in [-0.25, -0.2) is 18.3 Å². The highest BCUT2D eigenvalue weighted by molar-refractivity contribution is 8.00. The predicted molar refractivity (Wildman–Crippen MR) is 99.8 cm³/mol. The molecule has 2 heterocycles. The molecule has 142 valence electrons. The molecule has 2 aromatic carbocycles. The number of halogens is 2. The van der Waals surface area contributed by atoms with Gasteiger partial charge in [0.1, 0.15) is 5.82 Å². The number of nitrogens with zero attached hydrogens (tertiary/aromatic N) is 2. The topological polar surface area (TPSA) is 84.2 Å². The maximum absolute atomic E-state index is 13.7. The number of nitrogens with one attached hydrogen (secondary N) is 1. The number of aromatic carboxylic acids is 1. The molecule has 0 aliphatic carbocycles. The Morgan fingerprint density at radius 3 is 2.61 bits per heavy atom. The second-order valence-electron chi connectivity index (χ2n) is 6.13. The summed E-state index contributed by atoms with van der Waals surface area (Å²) in [6.07, 6.45) is 1.56. The minimum absolute atomic E-state index is 0.126. The zero-order valence-electron chi connectivity index (χ0n) is 14.2. The third-order valence-corrected chi connectivity index (χ3v) is 5.61. The normalized spacial score (nSPS) is 16.2. The Morgan fingerprint density at radius 1 is 1.18 bits per heavy atom. The van der Waals surface area contributed by atoms with Crippen LogP contribution in [0.5, 0.6) is 0 Å². The van der Waals surface area contributed by atoms with Gasteiger partial charge < -0.3 is 10.4 Å². The number of benzene rings is 2. The lowest BCUT2D eigenvalue weighted by atomic mass is 10.1. The maximum atomic E-state index is 13.7. The fourth-order valence-electron chi connectivity index (χ4n) is 2.99. The number of anilines is 1. The van der Waals surface area contributed by atoms with Gasteiger partial charge in [0.05, 0.1) is 28.5 Å². The van der Waals surface area contributed by atoms with Crippen LogP contribution in [0.15, 0.2) is 48.7 Å². The lowest BCUT2D eigenvalue weighted by Gasteiger charge is -2.14. The van der Waals surface area contributed by atoms with Crippen LogP contribution >= 0.6 is 11.8 Å². The van der Waals surface area contributed by atoms with Crippen molar-refractivity contribution >= 4 is 29.5 Å². The Hall–Kier alpha value is -3.20. The van der Waals surface area contributed by atoms with Crippen molar-refractivity contribution in [3.63, 3.8) is 0 Å². The van der Waals surface area contributed by atoms with E-state index in [1.54, 1.807) is 18.3 Å². The number of thioether (sulfide) groups is 1. The average Bonchev–Trinajstić information content (AvgIpc) is 3.00. The first-order valence-electron chi connectivity index (χ1n) is 8.22. The summed E-state index contributed by atoms with van der Waals surface area (Å²) < 4.78 is 28.5. The van der Waals surface area contributed by atoms with Crippen molar-refractivity contribution in [1.29, 1.82) is 0 Å². The van der Waals surface area contributed by atoms with E-state index < -0.39 is 22.9 Å². The number of rotatable bonds is 3. The van der Waals surface area contributed by atoms with Crippen molar-refractivity contribution in [1.82, 2.24) is 9.78 Å². The first-order valence-corrected chi connectivity index (χ1v) is 9.27.